The summed E-state index contributed by atoms with van der Waals surface area (Å²) in [5.41, 5.74) is -1.30. The number of hydrogen-bond acceptors (Lipinski definition) is 6. The maximum absolute atomic E-state index is 11.8. The molecule has 0 aliphatic heterocycles. The molecule has 2 rings (SSSR count). The summed E-state index contributed by atoms with van der Waals surface area (Å²) in [6.07, 6.45) is 3.58. The summed E-state index contributed by atoms with van der Waals surface area (Å²) in [5, 5.41) is 21.2. The number of ether oxygens (including phenoxy) is 1. The first-order chi connectivity index (χ1) is 8.65. The molecule has 1 aromatic heterocycles. The van der Waals surface area contributed by atoms with Gasteiger partial charge in [0.1, 0.15) is 0 Å². The lowest BCUT2D eigenvalue weighted by Crippen LogP contribution is -2.37. The van der Waals surface area contributed by atoms with Gasteiger partial charge in [0.15, 0.2) is 18.0 Å². The van der Waals surface area contributed by atoms with E-state index in [4.69, 9.17) is 4.74 Å². The van der Waals surface area contributed by atoms with Crippen LogP contribution in [0.1, 0.15) is 44.9 Å². The molecule has 1 heterocycles. The van der Waals surface area contributed by atoms with E-state index >= 15 is 0 Å². The minimum atomic E-state index is -1.30. The SMILES string of the molecule is CCCn1nnnc1COC(=O)C1(O)CCCC1. The average Bonchev–Trinajstić information content (AvgIpc) is 2.97. The van der Waals surface area contributed by atoms with Crippen LogP contribution >= 0.6 is 0 Å². The summed E-state index contributed by atoms with van der Waals surface area (Å²) in [6.45, 7) is 2.71. The molecule has 0 radical (unpaired) electrons. The molecule has 0 atom stereocenters. The van der Waals surface area contributed by atoms with Crippen LogP contribution in [0.2, 0.25) is 0 Å². The third-order valence-electron chi connectivity index (χ3n) is 3.18. The molecule has 0 bridgehead atoms. The minimum Gasteiger partial charge on any atom is -0.455 e. The van der Waals surface area contributed by atoms with E-state index in [9.17, 15) is 9.90 Å². The molecule has 100 valence electrons. The van der Waals surface area contributed by atoms with Gasteiger partial charge >= 0.3 is 5.97 Å². The molecule has 1 aliphatic carbocycles. The Balaban J connectivity index is 1.91. The van der Waals surface area contributed by atoms with E-state index in [2.05, 4.69) is 15.5 Å². The van der Waals surface area contributed by atoms with Crippen LogP contribution < -0.4 is 0 Å². The fourth-order valence-electron chi connectivity index (χ4n) is 2.14. The number of nitrogens with zero attached hydrogens (tertiary/aromatic N) is 4. The monoisotopic (exact) mass is 254 g/mol. The lowest BCUT2D eigenvalue weighted by Gasteiger charge is -2.19. The van der Waals surface area contributed by atoms with Crippen molar-refractivity contribution in [1.82, 2.24) is 20.2 Å². The van der Waals surface area contributed by atoms with Crippen molar-refractivity contribution in [2.45, 2.75) is 57.8 Å². The highest BCUT2D eigenvalue weighted by Crippen LogP contribution is 2.30. The van der Waals surface area contributed by atoms with Crippen LogP contribution in [0.15, 0.2) is 0 Å². The molecular formula is C11H18N4O3. The third kappa shape index (κ3) is 2.66. The average molecular weight is 254 g/mol. The molecule has 1 N–H and O–H groups in total. The number of hydrogen-bond donors (Lipinski definition) is 1. The van der Waals surface area contributed by atoms with E-state index < -0.39 is 11.6 Å². The zero-order valence-corrected chi connectivity index (χ0v) is 10.5. The minimum absolute atomic E-state index is 0.00808. The van der Waals surface area contributed by atoms with E-state index in [-0.39, 0.29) is 6.61 Å². The standard InChI is InChI=1S/C11H18N4O3/c1-2-7-15-9(12-13-14-15)8-18-10(16)11(17)5-3-4-6-11/h17H,2-8H2,1H3. The molecule has 0 unspecified atom stereocenters. The van der Waals surface area contributed by atoms with Crippen molar-refractivity contribution in [1.29, 1.82) is 0 Å². The van der Waals surface area contributed by atoms with Crippen molar-refractivity contribution >= 4 is 5.97 Å². The maximum atomic E-state index is 11.8. The summed E-state index contributed by atoms with van der Waals surface area (Å²) < 4.78 is 6.71. The molecule has 1 saturated carbocycles. The maximum Gasteiger partial charge on any atom is 0.338 e. The zero-order chi connectivity index (χ0) is 13.0. The Morgan fingerprint density at radius 3 is 2.89 bits per heavy atom. The Kier molecular flexibility index (Phi) is 3.90. The van der Waals surface area contributed by atoms with Crippen molar-refractivity contribution in [3.8, 4) is 0 Å². The molecule has 1 fully saturated rings. The van der Waals surface area contributed by atoms with Crippen LogP contribution in [0.25, 0.3) is 0 Å². The van der Waals surface area contributed by atoms with Crippen LogP contribution in [0.4, 0.5) is 0 Å². The van der Waals surface area contributed by atoms with E-state index in [1.165, 1.54) is 0 Å². The number of carbonyl (C=O) groups is 1. The number of carbonyl (C=O) groups excluding carboxylic acids is 1. The van der Waals surface area contributed by atoms with Gasteiger partial charge in [0.05, 0.1) is 0 Å². The first-order valence-corrected chi connectivity index (χ1v) is 6.30. The van der Waals surface area contributed by atoms with Crippen molar-refractivity contribution in [2.75, 3.05) is 0 Å². The summed E-state index contributed by atoms with van der Waals surface area (Å²) in [6, 6.07) is 0. The van der Waals surface area contributed by atoms with Crippen LogP contribution in [-0.4, -0.2) is 36.9 Å². The first kappa shape index (κ1) is 12.9. The van der Waals surface area contributed by atoms with E-state index in [1.54, 1.807) is 4.68 Å². The predicted molar refractivity (Wildman–Crippen MR) is 61.3 cm³/mol. The van der Waals surface area contributed by atoms with Crippen LogP contribution in [0.3, 0.4) is 0 Å². The molecule has 0 saturated heterocycles. The first-order valence-electron chi connectivity index (χ1n) is 6.30. The molecule has 1 aliphatic rings. The van der Waals surface area contributed by atoms with Crippen LogP contribution in [-0.2, 0) is 22.7 Å². The number of aryl methyl sites for hydroxylation is 1. The molecular weight excluding hydrogens is 236 g/mol. The fraction of sp³-hybridized carbons (Fsp3) is 0.818. The molecule has 0 spiro atoms. The number of aromatic nitrogens is 4. The second kappa shape index (κ2) is 5.43. The molecule has 18 heavy (non-hydrogen) atoms. The van der Waals surface area contributed by atoms with E-state index in [1.807, 2.05) is 6.92 Å². The molecule has 1 aromatic rings. The largest absolute Gasteiger partial charge is 0.455 e. The Morgan fingerprint density at radius 1 is 1.50 bits per heavy atom. The Labute approximate surface area is 105 Å². The van der Waals surface area contributed by atoms with Crippen molar-refractivity contribution < 1.29 is 14.6 Å². The number of rotatable bonds is 5. The smallest absolute Gasteiger partial charge is 0.338 e. The highest BCUT2D eigenvalue weighted by molar-refractivity contribution is 5.79. The van der Waals surface area contributed by atoms with Crippen LogP contribution in [0.5, 0.6) is 0 Å². The molecule has 7 nitrogen and oxygen atoms in total. The third-order valence-corrected chi connectivity index (χ3v) is 3.18. The van der Waals surface area contributed by atoms with Gasteiger partial charge in [0.2, 0.25) is 0 Å². The van der Waals surface area contributed by atoms with Gasteiger partial charge in [-0.05, 0) is 42.5 Å². The highest BCUT2D eigenvalue weighted by atomic mass is 16.5. The van der Waals surface area contributed by atoms with Crippen molar-refractivity contribution in [2.24, 2.45) is 0 Å². The van der Waals surface area contributed by atoms with Crippen LogP contribution in [0, 0.1) is 0 Å². The number of esters is 1. The second-order valence-electron chi connectivity index (χ2n) is 4.63. The topological polar surface area (TPSA) is 90.1 Å². The lowest BCUT2D eigenvalue weighted by molar-refractivity contribution is -0.166. The summed E-state index contributed by atoms with van der Waals surface area (Å²) >= 11 is 0. The van der Waals surface area contributed by atoms with Gasteiger partial charge < -0.3 is 9.84 Å². The van der Waals surface area contributed by atoms with Gasteiger partial charge in [-0.2, -0.15) is 0 Å². The van der Waals surface area contributed by atoms with Crippen molar-refractivity contribution in [3.05, 3.63) is 5.82 Å². The highest BCUT2D eigenvalue weighted by Gasteiger charge is 2.40. The molecule has 0 aromatic carbocycles. The summed E-state index contributed by atoms with van der Waals surface area (Å²) in [5.74, 6) is -0.0576. The van der Waals surface area contributed by atoms with E-state index in [0.717, 1.165) is 19.3 Å². The Morgan fingerprint density at radius 2 is 2.22 bits per heavy atom. The Hall–Kier alpha value is -1.50. The molecule has 7 heteroatoms. The normalized spacial score (nSPS) is 17.9. The quantitative estimate of drug-likeness (QED) is 0.766. The number of aliphatic hydroxyl groups is 1. The molecule has 0 amide bonds. The lowest BCUT2D eigenvalue weighted by atomic mass is 10.0. The van der Waals surface area contributed by atoms with Gasteiger partial charge in [-0.15, -0.1) is 5.10 Å². The zero-order valence-electron chi connectivity index (χ0n) is 10.5. The van der Waals surface area contributed by atoms with Gasteiger partial charge in [0, 0.05) is 6.54 Å². The van der Waals surface area contributed by atoms with Gasteiger partial charge in [0.25, 0.3) is 0 Å². The summed E-state index contributed by atoms with van der Waals surface area (Å²) in [7, 11) is 0. The van der Waals surface area contributed by atoms with Gasteiger partial charge in [-0.1, -0.05) is 6.92 Å². The van der Waals surface area contributed by atoms with E-state index in [0.29, 0.717) is 25.2 Å². The summed E-state index contributed by atoms with van der Waals surface area (Å²) in [4.78, 5) is 11.8. The van der Waals surface area contributed by atoms with Gasteiger partial charge in [-0.25, -0.2) is 9.48 Å². The fourth-order valence-corrected chi connectivity index (χ4v) is 2.14. The Bertz CT molecular complexity index is 412. The predicted octanol–water partition coefficient (Wildman–Crippen LogP) is 0.431. The van der Waals surface area contributed by atoms with Gasteiger partial charge in [-0.3, -0.25) is 0 Å². The second-order valence-corrected chi connectivity index (χ2v) is 4.63. The number of tetrazole rings is 1. The van der Waals surface area contributed by atoms with Crippen molar-refractivity contribution in [3.63, 3.8) is 0 Å².